The van der Waals surface area contributed by atoms with Crippen molar-refractivity contribution in [3.63, 3.8) is 0 Å². The van der Waals surface area contributed by atoms with Crippen molar-refractivity contribution in [3.05, 3.63) is 81.8 Å². The molecule has 3 aromatic carbocycles. The van der Waals surface area contributed by atoms with Crippen LogP contribution in [0, 0.1) is 6.92 Å². The molecule has 0 unspecified atom stereocenters. The average Bonchev–Trinajstić information content (AvgIpc) is 3.07. The molecule has 0 saturated carbocycles. The van der Waals surface area contributed by atoms with Crippen LogP contribution < -0.4 is 5.32 Å². The number of aryl methyl sites for hydroxylation is 1. The SMILES string of the molecule is Cc1cccc(C(=O)Nc2cc(-c3nc4ccccc4s3)c(Cl)cc2Cl)c1. The number of amides is 1. The lowest BCUT2D eigenvalue weighted by Gasteiger charge is -2.10. The van der Waals surface area contributed by atoms with Crippen molar-refractivity contribution in [2.24, 2.45) is 0 Å². The highest BCUT2D eigenvalue weighted by Crippen LogP contribution is 2.39. The third-order valence-electron chi connectivity index (χ3n) is 4.11. The Balaban J connectivity index is 1.72. The summed E-state index contributed by atoms with van der Waals surface area (Å²) in [5.41, 5.74) is 3.74. The van der Waals surface area contributed by atoms with Crippen LogP contribution in [-0.4, -0.2) is 10.9 Å². The van der Waals surface area contributed by atoms with E-state index in [1.807, 2.05) is 49.4 Å². The van der Waals surface area contributed by atoms with Crippen LogP contribution >= 0.6 is 34.5 Å². The van der Waals surface area contributed by atoms with Gasteiger partial charge in [-0.05, 0) is 43.3 Å². The van der Waals surface area contributed by atoms with Crippen LogP contribution in [0.2, 0.25) is 10.0 Å². The molecule has 6 heteroatoms. The van der Waals surface area contributed by atoms with Gasteiger partial charge in [0.15, 0.2) is 0 Å². The lowest BCUT2D eigenvalue weighted by molar-refractivity contribution is 0.102. The van der Waals surface area contributed by atoms with Crippen LogP contribution in [0.25, 0.3) is 20.8 Å². The maximum Gasteiger partial charge on any atom is 0.255 e. The van der Waals surface area contributed by atoms with E-state index in [4.69, 9.17) is 23.2 Å². The number of nitrogens with one attached hydrogen (secondary N) is 1. The Morgan fingerprint density at radius 1 is 1.00 bits per heavy atom. The predicted molar refractivity (Wildman–Crippen MR) is 114 cm³/mol. The molecule has 0 saturated heterocycles. The third-order valence-corrected chi connectivity index (χ3v) is 5.80. The van der Waals surface area contributed by atoms with Crippen molar-refractivity contribution in [1.29, 1.82) is 0 Å². The molecule has 4 rings (SSSR count). The number of nitrogens with zero attached hydrogens (tertiary/aromatic N) is 1. The highest BCUT2D eigenvalue weighted by atomic mass is 35.5. The molecule has 0 radical (unpaired) electrons. The molecule has 0 bridgehead atoms. The Kier molecular flexibility index (Phi) is 4.87. The van der Waals surface area contributed by atoms with Crippen LogP contribution in [0.5, 0.6) is 0 Å². The Morgan fingerprint density at radius 3 is 2.59 bits per heavy atom. The van der Waals surface area contributed by atoms with E-state index in [9.17, 15) is 4.79 Å². The van der Waals surface area contributed by atoms with Gasteiger partial charge in [0.1, 0.15) is 5.01 Å². The summed E-state index contributed by atoms with van der Waals surface area (Å²) in [6.07, 6.45) is 0. The first-order chi connectivity index (χ1) is 13.0. The molecule has 0 aliphatic carbocycles. The number of rotatable bonds is 3. The average molecular weight is 413 g/mol. The van der Waals surface area contributed by atoms with E-state index in [0.29, 0.717) is 21.3 Å². The number of hydrogen-bond acceptors (Lipinski definition) is 3. The molecular weight excluding hydrogens is 399 g/mol. The lowest BCUT2D eigenvalue weighted by atomic mass is 10.1. The van der Waals surface area contributed by atoms with E-state index in [0.717, 1.165) is 26.4 Å². The number of anilines is 1. The summed E-state index contributed by atoms with van der Waals surface area (Å²) in [5, 5.41) is 4.53. The van der Waals surface area contributed by atoms with Gasteiger partial charge >= 0.3 is 0 Å². The third kappa shape index (κ3) is 3.69. The molecule has 0 atom stereocenters. The molecular formula is C21H14Cl2N2OS. The fraction of sp³-hybridized carbons (Fsp3) is 0.0476. The summed E-state index contributed by atoms with van der Waals surface area (Å²) >= 11 is 14.3. The van der Waals surface area contributed by atoms with Crippen molar-refractivity contribution in [2.75, 3.05) is 5.32 Å². The highest BCUT2D eigenvalue weighted by molar-refractivity contribution is 7.21. The molecule has 0 fully saturated rings. The number of hydrogen-bond donors (Lipinski definition) is 1. The van der Waals surface area contributed by atoms with Crippen molar-refractivity contribution in [2.45, 2.75) is 6.92 Å². The zero-order chi connectivity index (χ0) is 19.0. The van der Waals surface area contributed by atoms with E-state index in [1.165, 1.54) is 0 Å². The van der Waals surface area contributed by atoms with Gasteiger partial charge in [0, 0.05) is 11.1 Å². The van der Waals surface area contributed by atoms with Gasteiger partial charge in [0.25, 0.3) is 5.91 Å². The smallest absolute Gasteiger partial charge is 0.255 e. The Hall–Kier alpha value is -2.40. The second kappa shape index (κ2) is 7.31. The van der Waals surface area contributed by atoms with E-state index in [2.05, 4.69) is 10.3 Å². The van der Waals surface area contributed by atoms with Crippen molar-refractivity contribution in [3.8, 4) is 10.6 Å². The van der Waals surface area contributed by atoms with E-state index in [1.54, 1.807) is 29.5 Å². The van der Waals surface area contributed by atoms with Gasteiger partial charge in [0.05, 0.1) is 25.9 Å². The predicted octanol–water partition coefficient (Wildman–Crippen LogP) is 6.83. The number of benzene rings is 3. The normalized spacial score (nSPS) is 10.9. The zero-order valence-electron chi connectivity index (χ0n) is 14.3. The van der Waals surface area contributed by atoms with Crippen LogP contribution in [0.3, 0.4) is 0 Å². The molecule has 1 amide bonds. The molecule has 1 N–H and O–H groups in total. The minimum Gasteiger partial charge on any atom is -0.321 e. The second-order valence-corrected chi connectivity index (χ2v) is 7.97. The first-order valence-corrected chi connectivity index (χ1v) is 9.81. The Bertz CT molecular complexity index is 1140. The number of halogens is 2. The molecule has 1 heterocycles. The minimum atomic E-state index is -0.224. The van der Waals surface area contributed by atoms with Gasteiger partial charge in [-0.15, -0.1) is 11.3 Å². The van der Waals surface area contributed by atoms with Crippen LogP contribution in [-0.2, 0) is 0 Å². The molecule has 0 aliphatic heterocycles. The standard InChI is InChI=1S/C21H14Cl2N2OS/c1-12-5-4-6-13(9-12)20(26)24-18-10-14(15(22)11-16(18)23)21-25-17-7-2-3-8-19(17)27-21/h2-11H,1H3,(H,24,26). The van der Waals surface area contributed by atoms with Gasteiger partial charge in [0.2, 0.25) is 0 Å². The van der Waals surface area contributed by atoms with Gasteiger partial charge < -0.3 is 5.32 Å². The monoisotopic (exact) mass is 412 g/mol. The summed E-state index contributed by atoms with van der Waals surface area (Å²) in [6.45, 7) is 1.94. The molecule has 4 aromatic rings. The fourth-order valence-electron chi connectivity index (χ4n) is 2.78. The quantitative estimate of drug-likeness (QED) is 0.400. The molecule has 0 spiro atoms. The van der Waals surface area contributed by atoms with Crippen molar-refractivity contribution < 1.29 is 4.79 Å². The van der Waals surface area contributed by atoms with Crippen molar-refractivity contribution >= 4 is 56.3 Å². The molecule has 134 valence electrons. The van der Waals surface area contributed by atoms with E-state index in [-0.39, 0.29) is 5.91 Å². The van der Waals surface area contributed by atoms with Crippen LogP contribution in [0.4, 0.5) is 5.69 Å². The number of fused-ring (bicyclic) bond motifs is 1. The highest BCUT2D eigenvalue weighted by Gasteiger charge is 2.15. The van der Waals surface area contributed by atoms with Crippen LogP contribution in [0.1, 0.15) is 15.9 Å². The molecule has 3 nitrogen and oxygen atoms in total. The molecule has 27 heavy (non-hydrogen) atoms. The number of carbonyl (C=O) groups excluding carboxylic acids is 1. The topological polar surface area (TPSA) is 42.0 Å². The largest absolute Gasteiger partial charge is 0.321 e. The first-order valence-electron chi connectivity index (χ1n) is 8.24. The minimum absolute atomic E-state index is 0.224. The molecule has 0 aliphatic rings. The summed E-state index contributed by atoms with van der Waals surface area (Å²) < 4.78 is 1.07. The van der Waals surface area contributed by atoms with Gasteiger partial charge in [-0.25, -0.2) is 4.98 Å². The second-order valence-electron chi connectivity index (χ2n) is 6.12. The number of para-hydroxylation sites is 1. The maximum atomic E-state index is 12.6. The fourth-order valence-corrected chi connectivity index (χ4v) is 4.35. The number of thiazole rings is 1. The summed E-state index contributed by atoms with van der Waals surface area (Å²) in [7, 11) is 0. The van der Waals surface area contributed by atoms with Gasteiger partial charge in [-0.3, -0.25) is 4.79 Å². The zero-order valence-corrected chi connectivity index (χ0v) is 16.6. The lowest BCUT2D eigenvalue weighted by Crippen LogP contribution is -2.12. The maximum absolute atomic E-state index is 12.6. The van der Waals surface area contributed by atoms with Gasteiger partial charge in [-0.1, -0.05) is 53.0 Å². The Labute approximate surface area is 170 Å². The summed E-state index contributed by atoms with van der Waals surface area (Å²) in [4.78, 5) is 17.2. The van der Waals surface area contributed by atoms with E-state index < -0.39 is 0 Å². The summed E-state index contributed by atoms with van der Waals surface area (Å²) in [6, 6.07) is 18.7. The van der Waals surface area contributed by atoms with Crippen molar-refractivity contribution in [1.82, 2.24) is 4.98 Å². The van der Waals surface area contributed by atoms with Gasteiger partial charge in [-0.2, -0.15) is 0 Å². The van der Waals surface area contributed by atoms with Crippen LogP contribution in [0.15, 0.2) is 60.7 Å². The summed E-state index contributed by atoms with van der Waals surface area (Å²) in [5.74, 6) is -0.224. The first kappa shape index (κ1) is 18.0. The number of aromatic nitrogens is 1. The van der Waals surface area contributed by atoms with E-state index >= 15 is 0 Å². The molecule has 1 aromatic heterocycles. The number of carbonyl (C=O) groups is 1. The Morgan fingerprint density at radius 2 is 1.81 bits per heavy atom.